The minimum absolute atomic E-state index is 0.0237. The van der Waals surface area contributed by atoms with Crippen molar-refractivity contribution in [2.24, 2.45) is 0 Å². The van der Waals surface area contributed by atoms with E-state index in [1.807, 2.05) is 37.3 Å². The van der Waals surface area contributed by atoms with Crippen molar-refractivity contribution in [2.45, 2.75) is 32.9 Å². The van der Waals surface area contributed by atoms with Crippen LogP contribution in [0.25, 0.3) is 0 Å². The molecule has 6 nitrogen and oxygen atoms in total. The Morgan fingerprint density at radius 1 is 1.15 bits per heavy atom. The molecule has 2 aromatic carbocycles. The molecule has 27 heavy (non-hydrogen) atoms. The maximum Gasteiger partial charge on any atom is 0.257 e. The molecular formula is C21H22N2O4. The van der Waals surface area contributed by atoms with Crippen molar-refractivity contribution in [3.63, 3.8) is 0 Å². The summed E-state index contributed by atoms with van der Waals surface area (Å²) in [5.74, 6) is -0.362. The van der Waals surface area contributed by atoms with E-state index in [9.17, 15) is 14.4 Å². The minimum Gasteiger partial charge on any atom is -0.494 e. The number of rotatable bonds is 6. The van der Waals surface area contributed by atoms with Gasteiger partial charge in [-0.05, 0) is 24.6 Å². The quantitative estimate of drug-likeness (QED) is 0.738. The third kappa shape index (κ3) is 4.00. The Morgan fingerprint density at radius 3 is 2.56 bits per heavy atom. The van der Waals surface area contributed by atoms with E-state index in [1.54, 1.807) is 24.3 Å². The molecule has 0 spiro atoms. The molecule has 3 amide bonds. The van der Waals surface area contributed by atoms with Crippen molar-refractivity contribution in [1.29, 1.82) is 0 Å². The molecule has 140 valence electrons. The van der Waals surface area contributed by atoms with Crippen LogP contribution >= 0.6 is 0 Å². The molecule has 0 N–H and O–H groups in total. The van der Waals surface area contributed by atoms with Gasteiger partial charge in [-0.3, -0.25) is 14.4 Å². The molecule has 1 aliphatic heterocycles. The van der Waals surface area contributed by atoms with Crippen LogP contribution in [0.4, 0.5) is 5.69 Å². The van der Waals surface area contributed by atoms with Crippen LogP contribution in [0.1, 0.15) is 25.8 Å². The molecule has 0 aliphatic carbocycles. The summed E-state index contributed by atoms with van der Waals surface area (Å²) in [5.41, 5.74) is 1.37. The van der Waals surface area contributed by atoms with E-state index in [2.05, 4.69) is 0 Å². The first-order chi connectivity index (χ1) is 13.0. The van der Waals surface area contributed by atoms with Crippen LogP contribution in [0.5, 0.6) is 5.75 Å². The van der Waals surface area contributed by atoms with Gasteiger partial charge in [-0.15, -0.1) is 0 Å². The van der Waals surface area contributed by atoms with Crippen molar-refractivity contribution in [1.82, 2.24) is 4.90 Å². The van der Waals surface area contributed by atoms with Gasteiger partial charge in [0.2, 0.25) is 11.8 Å². The lowest BCUT2D eigenvalue weighted by Crippen LogP contribution is -2.44. The van der Waals surface area contributed by atoms with E-state index >= 15 is 0 Å². The zero-order valence-electron chi connectivity index (χ0n) is 15.4. The van der Waals surface area contributed by atoms with Crippen molar-refractivity contribution < 1.29 is 19.1 Å². The van der Waals surface area contributed by atoms with Crippen LogP contribution in [0.3, 0.4) is 0 Å². The van der Waals surface area contributed by atoms with Crippen LogP contribution in [-0.2, 0) is 20.9 Å². The van der Waals surface area contributed by atoms with E-state index in [0.717, 1.165) is 10.5 Å². The van der Waals surface area contributed by atoms with Crippen LogP contribution in [0.2, 0.25) is 0 Å². The number of hydrogen-bond donors (Lipinski definition) is 0. The Balaban J connectivity index is 1.85. The molecule has 1 saturated heterocycles. The second-order valence-electron chi connectivity index (χ2n) is 6.35. The van der Waals surface area contributed by atoms with Crippen molar-refractivity contribution in [3.05, 3.63) is 60.2 Å². The average Bonchev–Trinajstić information content (AvgIpc) is 2.95. The molecule has 1 aliphatic rings. The van der Waals surface area contributed by atoms with Crippen LogP contribution in [-0.4, -0.2) is 35.3 Å². The third-order valence-corrected chi connectivity index (χ3v) is 4.49. The van der Waals surface area contributed by atoms with Crippen molar-refractivity contribution >= 4 is 23.4 Å². The van der Waals surface area contributed by atoms with Crippen LogP contribution in [0.15, 0.2) is 54.6 Å². The highest BCUT2D eigenvalue weighted by Crippen LogP contribution is 2.29. The topological polar surface area (TPSA) is 66.9 Å². The van der Waals surface area contributed by atoms with Gasteiger partial charge < -0.3 is 9.64 Å². The number of carbonyl (C=O) groups is 3. The first kappa shape index (κ1) is 18.6. The molecule has 1 atom stereocenters. The van der Waals surface area contributed by atoms with Gasteiger partial charge in [-0.1, -0.05) is 36.4 Å². The summed E-state index contributed by atoms with van der Waals surface area (Å²) in [6.07, 6.45) is -0.0237. The Morgan fingerprint density at radius 2 is 1.89 bits per heavy atom. The zero-order chi connectivity index (χ0) is 19.4. The number of ether oxygens (including phenoxy) is 1. The van der Waals surface area contributed by atoms with Crippen LogP contribution in [0, 0.1) is 0 Å². The lowest BCUT2D eigenvalue weighted by molar-refractivity contribution is -0.137. The van der Waals surface area contributed by atoms with Gasteiger partial charge in [0.15, 0.2) is 0 Å². The van der Waals surface area contributed by atoms with Crippen LogP contribution < -0.4 is 9.64 Å². The maximum absolute atomic E-state index is 13.0. The fraction of sp³-hybridized carbons (Fsp3) is 0.286. The lowest BCUT2D eigenvalue weighted by Gasteiger charge is -2.26. The summed E-state index contributed by atoms with van der Waals surface area (Å²) in [5, 5.41) is 0. The predicted octanol–water partition coefficient (Wildman–Crippen LogP) is 2.77. The monoisotopic (exact) mass is 366 g/mol. The molecule has 2 aromatic rings. The van der Waals surface area contributed by atoms with E-state index in [0.29, 0.717) is 18.0 Å². The van der Waals surface area contributed by atoms with Gasteiger partial charge in [-0.25, -0.2) is 4.90 Å². The fourth-order valence-corrected chi connectivity index (χ4v) is 3.23. The predicted molar refractivity (Wildman–Crippen MR) is 101 cm³/mol. The number of amides is 3. The first-order valence-corrected chi connectivity index (χ1v) is 8.92. The number of hydrogen-bond acceptors (Lipinski definition) is 4. The van der Waals surface area contributed by atoms with Gasteiger partial charge in [0.05, 0.1) is 18.7 Å². The molecule has 0 saturated carbocycles. The zero-order valence-corrected chi connectivity index (χ0v) is 15.4. The molecule has 3 rings (SSSR count). The molecule has 1 fully saturated rings. The highest BCUT2D eigenvalue weighted by molar-refractivity contribution is 6.23. The lowest BCUT2D eigenvalue weighted by atomic mass is 10.1. The summed E-state index contributed by atoms with van der Waals surface area (Å²) in [7, 11) is 0. The van der Waals surface area contributed by atoms with Gasteiger partial charge >= 0.3 is 0 Å². The Labute approximate surface area is 158 Å². The molecule has 0 unspecified atom stereocenters. The molecule has 6 heteroatoms. The molecule has 1 heterocycles. The molecule has 0 radical (unpaired) electrons. The number of imide groups is 1. The van der Waals surface area contributed by atoms with Gasteiger partial charge in [0, 0.05) is 19.5 Å². The standard InChI is InChI=1S/C21H22N2O4/c1-3-27-18-11-7-10-17(12-18)23-20(25)13-19(21(23)26)22(15(2)24)14-16-8-5-4-6-9-16/h4-12,19H,3,13-14H2,1-2H3/t19-/m1/s1. The molecule has 0 aromatic heterocycles. The summed E-state index contributed by atoms with van der Waals surface area (Å²) in [4.78, 5) is 40.4. The summed E-state index contributed by atoms with van der Waals surface area (Å²) < 4.78 is 5.45. The van der Waals surface area contributed by atoms with E-state index in [1.165, 1.54) is 11.8 Å². The SMILES string of the molecule is CCOc1cccc(N2C(=O)C[C@@H](N(Cc3ccccc3)C(C)=O)C2=O)c1. The number of nitrogens with zero attached hydrogens (tertiary/aromatic N) is 2. The second kappa shape index (κ2) is 8.03. The Hall–Kier alpha value is -3.15. The fourth-order valence-electron chi connectivity index (χ4n) is 3.23. The Bertz CT molecular complexity index is 850. The Kier molecular flexibility index (Phi) is 5.54. The first-order valence-electron chi connectivity index (χ1n) is 8.92. The number of benzene rings is 2. The molecular weight excluding hydrogens is 344 g/mol. The summed E-state index contributed by atoms with van der Waals surface area (Å²) in [6, 6.07) is 15.5. The number of anilines is 1. The van der Waals surface area contributed by atoms with E-state index in [4.69, 9.17) is 4.74 Å². The number of carbonyl (C=O) groups excluding carboxylic acids is 3. The highest BCUT2D eigenvalue weighted by Gasteiger charge is 2.43. The molecule has 0 bridgehead atoms. The van der Waals surface area contributed by atoms with Gasteiger partial charge in [0.25, 0.3) is 5.91 Å². The largest absolute Gasteiger partial charge is 0.494 e. The maximum atomic E-state index is 13.0. The highest BCUT2D eigenvalue weighted by atomic mass is 16.5. The van der Waals surface area contributed by atoms with Gasteiger partial charge in [-0.2, -0.15) is 0 Å². The normalized spacial score (nSPS) is 16.5. The van der Waals surface area contributed by atoms with E-state index in [-0.39, 0.29) is 30.7 Å². The second-order valence-corrected chi connectivity index (χ2v) is 6.35. The van der Waals surface area contributed by atoms with Crippen molar-refractivity contribution in [3.8, 4) is 5.75 Å². The van der Waals surface area contributed by atoms with Gasteiger partial charge in [0.1, 0.15) is 11.8 Å². The smallest absolute Gasteiger partial charge is 0.257 e. The third-order valence-electron chi connectivity index (χ3n) is 4.49. The summed E-state index contributed by atoms with van der Waals surface area (Å²) in [6.45, 7) is 4.05. The minimum atomic E-state index is -0.800. The van der Waals surface area contributed by atoms with Crippen molar-refractivity contribution in [2.75, 3.05) is 11.5 Å². The summed E-state index contributed by atoms with van der Waals surface area (Å²) >= 11 is 0. The average molecular weight is 366 g/mol. The van der Waals surface area contributed by atoms with E-state index < -0.39 is 6.04 Å².